The zero-order valence-corrected chi connectivity index (χ0v) is 41.3. The predicted octanol–water partition coefficient (Wildman–Crippen LogP) is 8.97. The summed E-state index contributed by atoms with van der Waals surface area (Å²) in [5.74, 6) is 0.385. The number of methoxy groups -OCH3 is 2. The average molecular weight is 1010 g/mol. The lowest BCUT2D eigenvalue weighted by Gasteiger charge is -2.30. The first-order valence-corrected chi connectivity index (χ1v) is 25.0. The summed E-state index contributed by atoms with van der Waals surface area (Å²) in [5.41, 5.74) is 0.718. The van der Waals surface area contributed by atoms with E-state index in [0.717, 1.165) is 47.2 Å². The topological polar surface area (TPSA) is 214 Å². The zero-order chi connectivity index (χ0) is 51.6. The highest BCUT2D eigenvalue weighted by Gasteiger charge is 2.47. The first kappa shape index (κ1) is 51.0. The first-order chi connectivity index (χ1) is 34.3. The number of ether oxygens (including phenoxy) is 2. The van der Waals surface area contributed by atoms with Gasteiger partial charge in [0.15, 0.2) is 0 Å². The van der Waals surface area contributed by atoms with Crippen molar-refractivity contribution in [3.8, 4) is 50.7 Å². The number of sulfone groups is 1. The maximum atomic E-state index is 13.7. The van der Waals surface area contributed by atoms with Crippen LogP contribution in [0.1, 0.15) is 77.1 Å². The lowest BCUT2D eigenvalue weighted by atomic mass is 10.0. The summed E-state index contributed by atoms with van der Waals surface area (Å²) >= 11 is 0. The predicted molar refractivity (Wildman–Crippen MR) is 261 cm³/mol. The number of alkyl halides is 3. The number of nitrogens with zero attached hydrogens (tertiary/aromatic N) is 5. The molecule has 0 bridgehead atoms. The number of benzene rings is 3. The number of alkyl carbamates (subject to hydrolysis) is 2. The van der Waals surface area contributed by atoms with Gasteiger partial charge in [0.1, 0.15) is 23.7 Å². The number of amides is 4. The van der Waals surface area contributed by atoms with Crippen molar-refractivity contribution in [3.05, 3.63) is 109 Å². The number of halogens is 3. The summed E-state index contributed by atoms with van der Waals surface area (Å²) in [7, 11) is -3.11. The molecule has 380 valence electrons. The maximum Gasteiger partial charge on any atom is 0.501 e. The third kappa shape index (κ3) is 10.2. The molecular weight excluding hydrogens is 956 g/mol. The minimum absolute atomic E-state index is 0.187. The Hall–Kier alpha value is -7.42. The number of rotatable bonds is 14. The molecule has 72 heavy (non-hydrogen) atoms. The summed E-state index contributed by atoms with van der Waals surface area (Å²) in [6, 6.07) is 21.2. The fraction of sp³-hybridized carbons (Fsp3) is 0.373. The van der Waals surface area contributed by atoms with Gasteiger partial charge in [0, 0.05) is 18.8 Å². The van der Waals surface area contributed by atoms with Crippen molar-refractivity contribution in [2.75, 3.05) is 27.3 Å². The van der Waals surface area contributed by atoms with Crippen LogP contribution in [0.3, 0.4) is 0 Å². The van der Waals surface area contributed by atoms with E-state index in [9.17, 15) is 40.8 Å². The van der Waals surface area contributed by atoms with Crippen LogP contribution in [-0.2, 0) is 28.9 Å². The molecule has 0 aliphatic carbocycles. The Morgan fingerprint density at radius 2 is 1.01 bits per heavy atom. The second-order valence-electron chi connectivity index (χ2n) is 18.5. The lowest BCUT2D eigenvalue weighted by molar-refractivity contribution is -0.136. The van der Waals surface area contributed by atoms with Crippen LogP contribution in [0.5, 0.6) is 0 Å². The van der Waals surface area contributed by atoms with Gasteiger partial charge in [-0.15, -0.1) is 0 Å². The quantitative estimate of drug-likeness (QED) is 0.0813. The van der Waals surface area contributed by atoms with Gasteiger partial charge in [0.2, 0.25) is 11.8 Å². The molecule has 0 spiro atoms. The first-order valence-electron chi connectivity index (χ1n) is 23.6. The zero-order valence-electron chi connectivity index (χ0n) is 40.5. The molecule has 8 rings (SSSR count). The number of hydrogen-bond donors (Lipinski definition) is 4. The molecule has 2 saturated heterocycles. The molecule has 2 aliphatic heterocycles. The van der Waals surface area contributed by atoms with Crippen LogP contribution in [0.15, 0.2) is 102 Å². The SMILES string of the molecule is COC(=O)N[C@H](C(=O)N1CCCC1c1ncc(-c2ccc(-c3ccc(-c4ccc(-c5cnc([C@@H]6CCCN6C(=O)[C@@H](NC(=O)OC)C(C)C)[nH]5)cc4)n3-c3ccc(S(=O)(=O)C(F)(F)F)cc3)cc2)[nH]1)C(C)C. The highest BCUT2D eigenvalue weighted by atomic mass is 32.2. The number of imidazole rings is 2. The van der Waals surface area contributed by atoms with Crippen molar-refractivity contribution in [2.24, 2.45) is 11.8 Å². The molecular formula is C51H56F3N9O8S. The molecule has 4 N–H and O–H groups in total. The number of hydrogen-bond acceptors (Lipinski definition) is 10. The van der Waals surface area contributed by atoms with Crippen molar-refractivity contribution < 1.29 is 50.2 Å². The summed E-state index contributed by atoms with van der Waals surface area (Å²) in [6.45, 7) is 8.40. The standard InChI is InChI=1S/C51H56F3N9O8S/c1-29(2)43(59-49(66)70-5)47(64)61-25-7-9-41(61)45-55-27-37(57-45)31-11-15-33(16-12-31)39-23-24-40(63(39)35-19-21-36(22-20-35)72(68,69)51(52,53)54)34-17-13-32(14-18-34)38-28-56-46(58-38)42-10-8-26-62(42)48(65)44(30(3)4)60-50(67)71-6/h11-24,27-30,41-44H,7-10,25-26H2,1-6H3,(H,55,57)(H,56,58)(H,59,66)(H,60,67)/t41-,42?,43-,44-/m0/s1. The molecule has 21 heteroatoms. The highest BCUT2D eigenvalue weighted by molar-refractivity contribution is 7.92. The Morgan fingerprint density at radius 1 is 0.625 bits per heavy atom. The summed E-state index contributed by atoms with van der Waals surface area (Å²) in [4.78, 5) is 70.2. The number of aromatic amines is 2. The maximum absolute atomic E-state index is 13.7. The molecule has 6 aromatic rings. The molecule has 17 nitrogen and oxygen atoms in total. The average Bonchev–Trinajstić information content (AvgIpc) is 4.24. The van der Waals surface area contributed by atoms with Crippen molar-refractivity contribution in [3.63, 3.8) is 0 Å². The second kappa shape index (κ2) is 20.7. The van der Waals surface area contributed by atoms with E-state index >= 15 is 0 Å². The number of carbonyl (C=O) groups excluding carboxylic acids is 4. The third-order valence-corrected chi connectivity index (χ3v) is 14.8. The summed E-state index contributed by atoms with van der Waals surface area (Å²) < 4.78 is 76.8. The molecule has 4 atom stereocenters. The smallest absolute Gasteiger partial charge is 0.453 e. The Balaban J connectivity index is 1.07. The van der Waals surface area contributed by atoms with E-state index in [1.165, 1.54) is 26.4 Å². The number of likely N-dealkylation sites (tertiary alicyclic amines) is 2. The van der Waals surface area contributed by atoms with E-state index in [4.69, 9.17) is 9.47 Å². The van der Waals surface area contributed by atoms with Gasteiger partial charge in [0.25, 0.3) is 9.84 Å². The molecule has 5 heterocycles. The minimum Gasteiger partial charge on any atom is -0.453 e. The van der Waals surface area contributed by atoms with Crippen LogP contribution < -0.4 is 10.6 Å². The summed E-state index contributed by atoms with van der Waals surface area (Å²) in [6.07, 6.45) is 4.89. The number of carbonyl (C=O) groups is 4. The Bertz CT molecular complexity index is 2880. The third-order valence-electron chi connectivity index (χ3n) is 13.3. The van der Waals surface area contributed by atoms with Gasteiger partial charge in [-0.25, -0.2) is 28.0 Å². The van der Waals surface area contributed by atoms with Gasteiger partial charge < -0.3 is 44.4 Å². The van der Waals surface area contributed by atoms with Gasteiger partial charge in [-0.2, -0.15) is 13.2 Å². The van der Waals surface area contributed by atoms with Gasteiger partial charge in [-0.3, -0.25) is 9.59 Å². The molecule has 0 saturated carbocycles. The largest absolute Gasteiger partial charge is 0.501 e. The van der Waals surface area contributed by atoms with Crippen LogP contribution >= 0.6 is 0 Å². The van der Waals surface area contributed by atoms with Crippen molar-refractivity contribution >= 4 is 33.8 Å². The van der Waals surface area contributed by atoms with Crippen molar-refractivity contribution in [1.29, 1.82) is 0 Å². The molecule has 4 amide bonds. The second-order valence-corrected chi connectivity index (χ2v) is 20.4. The molecule has 2 fully saturated rings. The van der Waals surface area contributed by atoms with Crippen LogP contribution in [0.25, 0.3) is 50.7 Å². The molecule has 0 radical (unpaired) electrons. The van der Waals surface area contributed by atoms with E-state index in [0.29, 0.717) is 66.0 Å². The fourth-order valence-electron chi connectivity index (χ4n) is 9.41. The Kier molecular flexibility index (Phi) is 14.7. The number of nitrogens with one attached hydrogen (secondary N) is 4. The molecule has 2 aliphatic rings. The summed E-state index contributed by atoms with van der Waals surface area (Å²) in [5, 5.41) is 5.32. The minimum atomic E-state index is -5.60. The number of aromatic nitrogens is 5. The van der Waals surface area contributed by atoms with Crippen LogP contribution in [0.4, 0.5) is 22.8 Å². The highest BCUT2D eigenvalue weighted by Crippen LogP contribution is 2.38. The Morgan fingerprint density at radius 3 is 1.38 bits per heavy atom. The van der Waals surface area contributed by atoms with E-state index in [1.54, 1.807) is 22.2 Å². The monoisotopic (exact) mass is 1010 g/mol. The van der Waals surface area contributed by atoms with Gasteiger partial charge in [0.05, 0.1) is 66.4 Å². The van der Waals surface area contributed by atoms with Gasteiger partial charge in [-0.05, 0) is 96.2 Å². The van der Waals surface area contributed by atoms with Crippen LogP contribution in [0, 0.1) is 11.8 Å². The lowest BCUT2D eigenvalue weighted by Crippen LogP contribution is -2.51. The van der Waals surface area contributed by atoms with Crippen LogP contribution in [-0.4, -0.2) is 112 Å². The molecule has 3 aromatic heterocycles. The normalized spacial score (nSPS) is 17.0. The van der Waals surface area contributed by atoms with Gasteiger partial charge >= 0.3 is 17.7 Å². The Labute approximate surface area is 414 Å². The van der Waals surface area contributed by atoms with Crippen molar-refractivity contribution in [2.45, 2.75) is 87.9 Å². The fourth-order valence-corrected chi connectivity index (χ4v) is 10.2. The van der Waals surface area contributed by atoms with E-state index in [-0.39, 0.29) is 35.7 Å². The van der Waals surface area contributed by atoms with E-state index in [2.05, 4.69) is 30.6 Å². The molecule has 1 unspecified atom stereocenters. The number of H-pyrrole nitrogens is 2. The van der Waals surface area contributed by atoms with Gasteiger partial charge in [-0.1, -0.05) is 76.2 Å². The molecule has 3 aromatic carbocycles. The van der Waals surface area contributed by atoms with Crippen LogP contribution in [0.2, 0.25) is 0 Å². The van der Waals surface area contributed by atoms with E-state index in [1.807, 2.05) is 92.9 Å². The van der Waals surface area contributed by atoms with E-state index < -0.39 is 44.5 Å². The van der Waals surface area contributed by atoms with Crippen molar-refractivity contribution in [1.82, 2.24) is 44.9 Å².